The highest BCUT2D eigenvalue weighted by Gasteiger charge is 2.51. The summed E-state index contributed by atoms with van der Waals surface area (Å²) in [7, 11) is 1.06. The van der Waals surface area contributed by atoms with Gasteiger partial charge in [0.15, 0.2) is 12.4 Å². The first-order valence-electron chi connectivity index (χ1n) is 25.8. The number of anilines is 1. The normalized spacial score (nSPS) is 17.7. The number of fused-ring (bicyclic) bond motifs is 3. The van der Waals surface area contributed by atoms with E-state index in [0.717, 1.165) is 55.3 Å². The van der Waals surface area contributed by atoms with Crippen molar-refractivity contribution in [3.63, 3.8) is 0 Å². The number of hydrogen-bond acceptors (Lipinski definition) is 14. The van der Waals surface area contributed by atoms with E-state index in [1.807, 2.05) is 148 Å². The van der Waals surface area contributed by atoms with Crippen LogP contribution >= 0.6 is 20.3 Å². The van der Waals surface area contributed by atoms with Crippen LogP contribution in [0.3, 0.4) is 0 Å². The topological polar surface area (TPSA) is 178 Å². The summed E-state index contributed by atoms with van der Waals surface area (Å²) < 4.78 is 64.8. The van der Waals surface area contributed by atoms with Crippen LogP contribution in [0.4, 0.5) is 15.0 Å². The molecule has 5 atom stereocenters. The number of halogens is 1. The number of alkyl halides is 1. The molecule has 19 heteroatoms. The molecule has 78 heavy (non-hydrogen) atoms. The summed E-state index contributed by atoms with van der Waals surface area (Å²) in [5.74, 6) is 0.806. The Morgan fingerprint density at radius 1 is 0.782 bits per heavy atom. The van der Waals surface area contributed by atoms with E-state index >= 15 is 4.39 Å². The summed E-state index contributed by atoms with van der Waals surface area (Å²) in [5, 5.41) is 4.91. The number of nitrogens with one attached hydrogen (secondary N) is 2. The lowest BCUT2D eigenvalue weighted by Gasteiger charge is -2.39. The second-order valence-corrected chi connectivity index (χ2v) is 22.4. The van der Waals surface area contributed by atoms with Gasteiger partial charge in [-0.1, -0.05) is 115 Å². The predicted octanol–water partition coefficient (Wildman–Crippen LogP) is 10.8. The third kappa shape index (κ3) is 12.8. The molecule has 2 aliphatic rings. The van der Waals surface area contributed by atoms with Crippen LogP contribution in [0, 0.1) is 0 Å². The third-order valence-electron chi connectivity index (χ3n) is 13.6. The molecule has 0 spiro atoms. The molecule has 1 saturated heterocycles. The van der Waals surface area contributed by atoms with Gasteiger partial charge < -0.3 is 43.4 Å². The average molecular weight is 1100 g/mol. The van der Waals surface area contributed by atoms with Gasteiger partial charge in [-0.15, -0.1) is 0 Å². The Hall–Kier alpha value is -6.50. The summed E-state index contributed by atoms with van der Waals surface area (Å²) in [6, 6.07) is 41.7. The summed E-state index contributed by atoms with van der Waals surface area (Å²) in [4.78, 5) is 56.6. The summed E-state index contributed by atoms with van der Waals surface area (Å²) in [6.07, 6.45) is -5.53. The van der Waals surface area contributed by atoms with Gasteiger partial charge in [-0.25, -0.2) is 18.6 Å². The van der Waals surface area contributed by atoms with Crippen LogP contribution in [0.5, 0.6) is 11.5 Å². The summed E-state index contributed by atoms with van der Waals surface area (Å²) in [5.41, 5.74) is 3.02. The first kappa shape index (κ1) is 57.7. The number of nitrogens with zero attached hydrogens (tertiary/aromatic N) is 3. The van der Waals surface area contributed by atoms with Crippen molar-refractivity contribution in [2.45, 2.75) is 102 Å². The standard InChI is InChI=1S/C59H67FN5O11PS/c1-37(2)65(38(3)4)77(74-33-34-78-55(67)58(6,7)63-57(69)72-35-49-47-21-15-13-19-45(47)46-20-14-16-22-48(46)49)76-53-50(75-54(52(53)60)64-32-31-51(61-39(5)66)62-56(64)68)36-73-59(40-17-11-10-12-18-40,41-23-27-43(70-8)28-24-41)42-25-29-44(71-9)30-26-42/h10-32,37-38,49-50,52-54H,33-36H2,1-9H3,(H,63,69)(H,61,62,66,68). The van der Waals surface area contributed by atoms with Gasteiger partial charge in [-0.2, -0.15) is 4.98 Å². The number of thioether (sulfide) groups is 1. The molecule has 1 aliphatic heterocycles. The first-order chi connectivity index (χ1) is 37.4. The zero-order valence-corrected chi connectivity index (χ0v) is 46.9. The number of carbonyl (C=O) groups excluding carboxylic acids is 3. The molecule has 5 unspecified atom stereocenters. The van der Waals surface area contributed by atoms with Crippen LogP contribution in [-0.2, 0) is 38.4 Å². The highest BCUT2D eigenvalue weighted by molar-refractivity contribution is 8.13. The molecule has 1 fully saturated rings. The second kappa shape index (κ2) is 25.5. The lowest BCUT2D eigenvalue weighted by atomic mass is 9.80. The lowest BCUT2D eigenvalue weighted by Crippen LogP contribution is -2.49. The van der Waals surface area contributed by atoms with E-state index in [1.54, 1.807) is 28.1 Å². The van der Waals surface area contributed by atoms with Crippen LogP contribution in [0.25, 0.3) is 11.1 Å². The Bertz CT molecular complexity index is 2980. The first-order valence-corrected chi connectivity index (χ1v) is 27.9. The molecule has 6 aromatic rings. The van der Waals surface area contributed by atoms with E-state index in [4.69, 9.17) is 32.7 Å². The van der Waals surface area contributed by atoms with E-state index in [-0.39, 0.29) is 54.5 Å². The van der Waals surface area contributed by atoms with Gasteiger partial charge in [0.1, 0.15) is 47.3 Å². The Balaban J connectivity index is 1.03. The molecule has 0 radical (unpaired) electrons. The van der Waals surface area contributed by atoms with Crippen molar-refractivity contribution in [3.05, 3.63) is 178 Å². The maximum atomic E-state index is 17.7. The zero-order valence-electron chi connectivity index (χ0n) is 45.2. The number of alkyl carbamates (subject to hydrolysis) is 1. The predicted molar refractivity (Wildman–Crippen MR) is 299 cm³/mol. The Labute approximate surface area is 460 Å². The Morgan fingerprint density at radius 2 is 1.33 bits per heavy atom. The van der Waals surface area contributed by atoms with Crippen molar-refractivity contribution < 1.29 is 51.5 Å². The summed E-state index contributed by atoms with van der Waals surface area (Å²) >= 11 is 0.974. The number of benzene rings is 5. The van der Waals surface area contributed by atoms with Gasteiger partial charge in [0.2, 0.25) is 11.0 Å². The molecule has 2 amide bonds. The number of methoxy groups -OCH3 is 2. The quantitative estimate of drug-likeness (QED) is 0.0352. The lowest BCUT2D eigenvalue weighted by molar-refractivity contribution is -0.115. The molecule has 1 aromatic heterocycles. The van der Waals surface area contributed by atoms with Gasteiger partial charge in [-0.05, 0) is 111 Å². The Morgan fingerprint density at radius 3 is 1.87 bits per heavy atom. The molecule has 1 aliphatic carbocycles. The fraction of sp³-hybridized carbons (Fsp3) is 0.373. The molecule has 0 bridgehead atoms. The highest BCUT2D eigenvalue weighted by atomic mass is 32.2. The minimum atomic E-state index is -2.11. The third-order valence-corrected chi connectivity index (χ3v) is 16.8. The van der Waals surface area contributed by atoms with Crippen molar-refractivity contribution >= 4 is 43.2 Å². The number of hydrogen-bond donors (Lipinski definition) is 2. The molecule has 5 aromatic carbocycles. The highest BCUT2D eigenvalue weighted by Crippen LogP contribution is 2.52. The minimum Gasteiger partial charge on any atom is -0.497 e. The van der Waals surface area contributed by atoms with Crippen LogP contribution in [0.15, 0.2) is 144 Å². The van der Waals surface area contributed by atoms with Crippen molar-refractivity contribution in [2.24, 2.45) is 0 Å². The summed E-state index contributed by atoms with van der Waals surface area (Å²) in [6.45, 7) is 12.2. The monoisotopic (exact) mass is 1100 g/mol. The van der Waals surface area contributed by atoms with Crippen LogP contribution in [0.1, 0.15) is 88.4 Å². The van der Waals surface area contributed by atoms with Gasteiger partial charge in [-0.3, -0.25) is 14.2 Å². The van der Waals surface area contributed by atoms with E-state index < -0.39 is 62.0 Å². The number of ether oxygens (including phenoxy) is 5. The number of aromatic nitrogens is 2. The fourth-order valence-corrected chi connectivity index (χ4v) is 12.6. The van der Waals surface area contributed by atoms with E-state index in [2.05, 4.69) is 27.8 Å². The van der Waals surface area contributed by atoms with E-state index in [0.29, 0.717) is 11.5 Å². The molecular formula is C59H67FN5O11PS. The van der Waals surface area contributed by atoms with Crippen LogP contribution < -0.4 is 25.8 Å². The zero-order chi connectivity index (χ0) is 55.7. The molecule has 8 rings (SSSR count). The maximum Gasteiger partial charge on any atom is 0.407 e. The van der Waals surface area contributed by atoms with Crippen molar-refractivity contribution in [3.8, 4) is 22.6 Å². The van der Waals surface area contributed by atoms with Crippen molar-refractivity contribution in [1.29, 1.82) is 0 Å². The smallest absolute Gasteiger partial charge is 0.407 e. The minimum absolute atomic E-state index is 0.00571. The van der Waals surface area contributed by atoms with E-state index in [1.165, 1.54) is 19.2 Å². The number of rotatable bonds is 23. The number of carbonyl (C=O) groups is 3. The van der Waals surface area contributed by atoms with Crippen molar-refractivity contribution in [1.82, 2.24) is 19.5 Å². The van der Waals surface area contributed by atoms with Gasteiger partial charge in [0.25, 0.3) is 8.53 Å². The van der Waals surface area contributed by atoms with Gasteiger partial charge in [0, 0.05) is 36.9 Å². The average Bonchev–Trinajstić information content (AvgIpc) is 4.06. The fourth-order valence-electron chi connectivity index (χ4n) is 9.92. The second-order valence-electron chi connectivity index (χ2n) is 19.9. The molecule has 2 heterocycles. The number of amides is 2. The van der Waals surface area contributed by atoms with Crippen LogP contribution in [-0.4, -0.2) is 107 Å². The maximum absolute atomic E-state index is 17.7. The molecule has 2 N–H and O–H groups in total. The molecule has 0 saturated carbocycles. The van der Waals surface area contributed by atoms with Crippen molar-refractivity contribution in [2.75, 3.05) is 45.1 Å². The largest absolute Gasteiger partial charge is 0.497 e. The van der Waals surface area contributed by atoms with E-state index in [9.17, 15) is 19.2 Å². The van der Waals surface area contributed by atoms with Gasteiger partial charge in [0.05, 0.1) is 27.4 Å². The SMILES string of the molecule is COc1ccc(C(OCC2OC(n3ccc(NC(C)=O)nc3=O)C(F)C2OP(OCCSC(=O)C(C)(C)NC(=O)OCC2c3ccccc3-c3ccccc32)N(C(C)C)C(C)C)(c2ccccc2)c2ccc(OC)cc2)cc1. The molecular weight excluding hydrogens is 1040 g/mol. The van der Waals surface area contributed by atoms with Gasteiger partial charge >= 0.3 is 11.8 Å². The molecule has 412 valence electrons. The Kier molecular flexibility index (Phi) is 18.9. The van der Waals surface area contributed by atoms with Crippen LogP contribution in [0.2, 0.25) is 0 Å². The molecule has 16 nitrogen and oxygen atoms in total.